The van der Waals surface area contributed by atoms with Crippen LogP contribution in [0.3, 0.4) is 0 Å². The standard InChI is InChI=1S/C12H20N2O4S/c1-4-14-8-10(13)7-11(14)12(15)18-5-6-19(16,17)9(2)3/h7-9H,4-6,13H2,1-3H3. The first-order valence-electron chi connectivity index (χ1n) is 6.12. The van der Waals surface area contributed by atoms with Crippen molar-refractivity contribution in [1.29, 1.82) is 0 Å². The van der Waals surface area contributed by atoms with Crippen molar-refractivity contribution in [2.75, 3.05) is 18.1 Å². The Labute approximate surface area is 113 Å². The molecule has 0 aliphatic heterocycles. The second-order valence-corrected chi connectivity index (χ2v) is 7.17. The Morgan fingerprint density at radius 1 is 1.47 bits per heavy atom. The van der Waals surface area contributed by atoms with Gasteiger partial charge in [0, 0.05) is 12.7 Å². The predicted molar refractivity (Wildman–Crippen MR) is 73.7 cm³/mol. The molecule has 0 aromatic carbocycles. The van der Waals surface area contributed by atoms with Gasteiger partial charge in [-0.15, -0.1) is 0 Å². The first-order valence-corrected chi connectivity index (χ1v) is 7.83. The van der Waals surface area contributed by atoms with Crippen molar-refractivity contribution >= 4 is 21.5 Å². The SMILES string of the molecule is CCn1cc(N)cc1C(=O)OCCS(=O)(=O)C(C)C. The fraction of sp³-hybridized carbons (Fsp3) is 0.583. The predicted octanol–water partition coefficient (Wildman–Crippen LogP) is 1.07. The quantitative estimate of drug-likeness (QED) is 0.791. The van der Waals surface area contributed by atoms with E-state index < -0.39 is 21.1 Å². The molecule has 7 heteroatoms. The normalized spacial score (nSPS) is 11.8. The molecule has 6 nitrogen and oxygen atoms in total. The number of aryl methyl sites for hydroxylation is 1. The molecule has 0 aliphatic rings. The largest absolute Gasteiger partial charge is 0.460 e. The van der Waals surface area contributed by atoms with Crippen LogP contribution in [0.15, 0.2) is 12.3 Å². The second-order valence-electron chi connectivity index (χ2n) is 4.50. The molecule has 1 aromatic rings. The van der Waals surface area contributed by atoms with Crippen LogP contribution >= 0.6 is 0 Å². The van der Waals surface area contributed by atoms with Gasteiger partial charge in [-0.05, 0) is 26.8 Å². The maximum Gasteiger partial charge on any atom is 0.355 e. The summed E-state index contributed by atoms with van der Waals surface area (Å²) in [5.41, 5.74) is 6.42. The molecular formula is C12H20N2O4S. The number of carbonyl (C=O) groups is 1. The fourth-order valence-electron chi connectivity index (χ4n) is 1.53. The van der Waals surface area contributed by atoms with Gasteiger partial charge in [0.05, 0.1) is 16.7 Å². The van der Waals surface area contributed by atoms with E-state index in [2.05, 4.69) is 0 Å². The first kappa shape index (κ1) is 15.6. The average molecular weight is 288 g/mol. The highest BCUT2D eigenvalue weighted by atomic mass is 32.2. The third-order valence-electron chi connectivity index (χ3n) is 2.79. The summed E-state index contributed by atoms with van der Waals surface area (Å²) in [7, 11) is -3.20. The highest BCUT2D eigenvalue weighted by Gasteiger charge is 2.18. The number of nitrogen functional groups attached to an aromatic ring is 1. The molecule has 0 aliphatic carbocycles. The van der Waals surface area contributed by atoms with E-state index in [1.807, 2.05) is 6.92 Å². The molecule has 0 atom stereocenters. The van der Waals surface area contributed by atoms with Gasteiger partial charge in [-0.25, -0.2) is 13.2 Å². The number of nitrogens with zero attached hydrogens (tertiary/aromatic N) is 1. The van der Waals surface area contributed by atoms with Crippen LogP contribution in [0.25, 0.3) is 0 Å². The third-order valence-corrected chi connectivity index (χ3v) is 4.96. The number of hydrogen-bond acceptors (Lipinski definition) is 5. The summed E-state index contributed by atoms with van der Waals surface area (Å²) in [6, 6.07) is 1.52. The maximum atomic E-state index is 11.8. The summed E-state index contributed by atoms with van der Waals surface area (Å²) < 4.78 is 29.8. The maximum absolute atomic E-state index is 11.8. The summed E-state index contributed by atoms with van der Waals surface area (Å²) >= 11 is 0. The smallest absolute Gasteiger partial charge is 0.355 e. The Morgan fingerprint density at radius 3 is 2.63 bits per heavy atom. The Hall–Kier alpha value is -1.50. The third kappa shape index (κ3) is 3.99. The van der Waals surface area contributed by atoms with Crippen LogP contribution in [-0.4, -0.2) is 36.6 Å². The van der Waals surface area contributed by atoms with Crippen molar-refractivity contribution in [3.05, 3.63) is 18.0 Å². The Balaban J connectivity index is 2.61. The Bertz CT molecular complexity index is 546. The van der Waals surface area contributed by atoms with Gasteiger partial charge in [-0.1, -0.05) is 0 Å². The Morgan fingerprint density at radius 2 is 2.11 bits per heavy atom. The zero-order chi connectivity index (χ0) is 14.6. The molecule has 0 saturated carbocycles. The zero-order valence-electron chi connectivity index (χ0n) is 11.4. The topological polar surface area (TPSA) is 91.4 Å². The number of hydrogen-bond donors (Lipinski definition) is 1. The van der Waals surface area contributed by atoms with Gasteiger partial charge in [0.2, 0.25) is 0 Å². The number of nitrogens with two attached hydrogens (primary N) is 1. The lowest BCUT2D eigenvalue weighted by Gasteiger charge is -2.09. The average Bonchev–Trinajstić information content (AvgIpc) is 2.70. The van der Waals surface area contributed by atoms with Crippen LogP contribution < -0.4 is 5.73 Å². The van der Waals surface area contributed by atoms with Crippen molar-refractivity contribution in [2.24, 2.45) is 0 Å². The minimum absolute atomic E-state index is 0.145. The lowest BCUT2D eigenvalue weighted by molar-refractivity contribution is 0.0517. The molecule has 0 fully saturated rings. The second kappa shape index (κ2) is 6.10. The molecule has 2 N–H and O–H groups in total. The van der Waals surface area contributed by atoms with Gasteiger partial charge < -0.3 is 15.0 Å². The van der Waals surface area contributed by atoms with Gasteiger partial charge >= 0.3 is 5.97 Å². The number of ether oxygens (including phenoxy) is 1. The summed E-state index contributed by atoms with van der Waals surface area (Å²) in [4.78, 5) is 11.8. The van der Waals surface area contributed by atoms with E-state index in [-0.39, 0.29) is 12.4 Å². The molecular weight excluding hydrogens is 268 g/mol. The summed E-state index contributed by atoms with van der Waals surface area (Å²) in [6.07, 6.45) is 1.64. The van der Waals surface area contributed by atoms with E-state index in [0.29, 0.717) is 17.9 Å². The number of rotatable bonds is 6. The van der Waals surface area contributed by atoms with Crippen LogP contribution in [0.1, 0.15) is 31.3 Å². The van der Waals surface area contributed by atoms with Gasteiger partial charge in [0.1, 0.15) is 12.3 Å². The Kier molecular flexibility index (Phi) is 4.99. The molecule has 108 valence electrons. The fourth-order valence-corrected chi connectivity index (χ4v) is 2.31. The van der Waals surface area contributed by atoms with E-state index >= 15 is 0 Å². The zero-order valence-corrected chi connectivity index (χ0v) is 12.2. The molecule has 0 bridgehead atoms. The van der Waals surface area contributed by atoms with Crippen molar-refractivity contribution in [2.45, 2.75) is 32.6 Å². The number of aromatic nitrogens is 1. The summed E-state index contributed by atoms with van der Waals surface area (Å²) in [5.74, 6) is -0.726. The lowest BCUT2D eigenvalue weighted by Crippen LogP contribution is -2.23. The minimum Gasteiger partial charge on any atom is -0.460 e. The van der Waals surface area contributed by atoms with Crippen molar-refractivity contribution in [3.8, 4) is 0 Å². The number of carbonyl (C=O) groups excluding carboxylic acids is 1. The first-order chi connectivity index (χ1) is 8.77. The van der Waals surface area contributed by atoms with Gasteiger partial charge in [-0.3, -0.25) is 0 Å². The molecule has 19 heavy (non-hydrogen) atoms. The molecule has 0 radical (unpaired) electrons. The number of esters is 1. The van der Waals surface area contributed by atoms with Crippen LogP contribution in [-0.2, 0) is 21.1 Å². The van der Waals surface area contributed by atoms with Crippen LogP contribution in [0, 0.1) is 0 Å². The summed E-state index contributed by atoms with van der Waals surface area (Å²) in [6.45, 7) is 5.51. The van der Waals surface area contributed by atoms with Crippen LogP contribution in [0.5, 0.6) is 0 Å². The van der Waals surface area contributed by atoms with Gasteiger partial charge in [0.25, 0.3) is 0 Å². The van der Waals surface area contributed by atoms with E-state index in [1.54, 1.807) is 24.6 Å². The molecule has 0 saturated heterocycles. The minimum atomic E-state index is -3.20. The number of sulfone groups is 1. The van der Waals surface area contributed by atoms with Crippen molar-refractivity contribution in [1.82, 2.24) is 4.57 Å². The molecule has 1 aromatic heterocycles. The van der Waals surface area contributed by atoms with E-state index in [9.17, 15) is 13.2 Å². The highest BCUT2D eigenvalue weighted by molar-refractivity contribution is 7.91. The number of anilines is 1. The monoisotopic (exact) mass is 288 g/mol. The molecule has 1 rings (SSSR count). The van der Waals surface area contributed by atoms with Gasteiger partial charge in [0.15, 0.2) is 9.84 Å². The van der Waals surface area contributed by atoms with Crippen molar-refractivity contribution in [3.63, 3.8) is 0 Å². The molecule has 0 unspecified atom stereocenters. The molecule has 0 spiro atoms. The van der Waals surface area contributed by atoms with Crippen LogP contribution in [0.2, 0.25) is 0 Å². The molecule has 0 amide bonds. The van der Waals surface area contributed by atoms with E-state index in [1.165, 1.54) is 6.07 Å². The van der Waals surface area contributed by atoms with Gasteiger partial charge in [-0.2, -0.15) is 0 Å². The lowest BCUT2D eigenvalue weighted by atomic mass is 10.4. The van der Waals surface area contributed by atoms with E-state index in [0.717, 1.165) is 0 Å². The molecule has 1 heterocycles. The van der Waals surface area contributed by atoms with Crippen molar-refractivity contribution < 1.29 is 17.9 Å². The van der Waals surface area contributed by atoms with E-state index in [4.69, 9.17) is 10.5 Å². The highest BCUT2D eigenvalue weighted by Crippen LogP contribution is 2.12. The summed E-state index contributed by atoms with van der Waals surface area (Å²) in [5, 5.41) is -0.471. The van der Waals surface area contributed by atoms with Crippen LogP contribution in [0.4, 0.5) is 5.69 Å².